The quantitative estimate of drug-likeness (QED) is 0.229. The summed E-state index contributed by atoms with van der Waals surface area (Å²) in [5.74, 6) is 0. The van der Waals surface area contributed by atoms with Gasteiger partial charge >= 0.3 is 0 Å². The summed E-state index contributed by atoms with van der Waals surface area (Å²) in [6.45, 7) is 0. The Morgan fingerprint density at radius 2 is 0.897 bits per heavy atom. The van der Waals surface area contributed by atoms with E-state index in [2.05, 4.69) is 156 Å². The van der Waals surface area contributed by atoms with E-state index in [1.54, 1.807) is 0 Å². The molecular formula is C37H26N2. The van der Waals surface area contributed by atoms with Crippen LogP contribution in [0, 0.1) is 0 Å². The van der Waals surface area contributed by atoms with Gasteiger partial charge in [0.1, 0.15) is 0 Å². The predicted octanol–water partition coefficient (Wildman–Crippen LogP) is 9.76. The average Bonchev–Trinajstić information content (AvgIpc) is 3.49. The van der Waals surface area contributed by atoms with Crippen LogP contribution in [0.15, 0.2) is 140 Å². The topological polar surface area (TPSA) is 9.86 Å². The SMILES string of the molecule is Cn1c2ccc(-c3ccc4c(c3)c3ccccc3n4-c3ccccc3)cc2c2ccc(-c3ccccc3)cc21. The van der Waals surface area contributed by atoms with Crippen LogP contribution in [-0.4, -0.2) is 9.13 Å². The second-order valence-corrected chi connectivity index (χ2v) is 10.3. The second-order valence-electron chi connectivity index (χ2n) is 10.3. The minimum absolute atomic E-state index is 1.18. The molecule has 0 aliphatic rings. The standard InChI is InChI=1S/C37H26N2/c1-38-34-20-17-26(22-32(34)31-19-16-28(24-37(31)38)25-10-4-2-5-11-25)27-18-21-36-33(23-27)30-14-8-9-15-35(30)39(36)29-12-6-3-7-13-29/h2-24H,1H3. The van der Waals surface area contributed by atoms with E-state index in [0.29, 0.717) is 0 Å². The molecule has 0 aliphatic heterocycles. The van der Waals surface area contributed by atoms with Gasteiger partial charge in [-0.15, -0.1) is 0 Å². The van der Waals surface area contributed by atoms with Gasteiger partial charge in [0, 0.05) is 45.3 Å². The Bertz CT molecular complexity index is 2160. The molecule has 6 aromatic carbocycles. The molecule has 2 heterocycles. The molecule has 184 valence electrons. The van der Waals surface area contributed by atoms with Gasteiger partial charge in [0.15, 0.2) is 0 Å². The van der Waals surface area contributed by atoms with Gasteiger partial charge in [-0.1, -0.05) is 91.0 Å². The molecule has 0 saturated heterocycles. The first-order valence-corrected chi connectivity index (χ1v) is 13.4. The van der Waals surface area contributed by atoms with Crippen molar-refractivity contribution in [3.8, 4) is 27.9 Å². The molecule has 2 heteroatoms. The molecular weight excluding hydrogens is 472 g/mol. The van der Waals surface area contributed by atoms with Crippen LogP contribution in [-0.2, 0) is 7.05 Å². The van der Waals surface area contributed by atoms with Crippen molar-refractivity contribution in [2.45, 2.75) is 0 Å². The van der Waals surface area contributed by atoms with Crippen LogP contribution in [0.5, 0.6) is 0 Å². The van der Waals surface area contributed by atoms with Gasteiger partial charge in [-0.3, -0.25) is 0 Å². The van der Waals surface area contributed by atoms with E-state index in [4.69, 9.17) is 0 Å². The lowest BCUT2D eigenvalue weighted by Crippen LogP contribution is -1.92. The Kier molecular flexibility index (Phi) is 4.77. The summed E-state index contributed by atoms with van der Waals surface area (Å²) in [6, 6.07) is 50.6. The predicted molar refractivity (Wildman–Crippen MR) is 166 cm³/mol. The zero-order valence-corrected chi connectivity index (χ0v) is 21.7. The van der Waals surface area contributed by atoms with Gasteiger partial charge in [0.2, 0.25) is 0 Å². The Labute approximate surface area is 227 Å². The van der Waals surface area contributed by atoms with Gasteiger partial charge < -0.3 is 9.13 Å². The number of benzene rings is 6. The van der Waals surface area contributed by atoms with Crippen LogP contribution in [0.4, 0.5) is 0 Å². The third-order valence-corrected chi connectivity index (χ3v) is 8.13. The van der Waals surface area contributed by atoms with Crippen molar-refractivity contribution in [1.29, 1.82) is 0 Å². The van der Waals surface area contributed by atoms with Crippen LogP contribution in [0.2, 0.25) is 0 Å². The number of nitrogens with zero attached hydrogens (tertiary/aromatic N) is 2. The third-order valence-electron chi connectivity index (χ3n) is 8.13. The zero-order chi connectivity index (χ0) is 25.9. The fraction of sp³-hybridized carbons (Fsp3) is 0.0270. The van der Waals surface area contributed by atoms with Crippen LogP contribution in [0.3, 0.4) is 0 Å². The molecule has 8 rings (SSSR count). The van der Waals surface area contributed by atoms with Gasteiger partial charge in [0.05, 0.1) is 11.0 Å². The average molecular weight is 499 g/mol. The van der Waals surface area contributed by atoms with Gasteiger partial charge in [-0.05, 0) is 70.8 Å². The fourth-order valence-electron chi connectivity index (χ4n) is 6.21. The molecule has 39 heavy (non-hydrogen) atoms. The first-order valence-electron chi connectivity index (χ1n) is 13.4. The van der Waals surface area contributed by atoms with Crippen molar-refractivity contribution in [1.82, 2.24) is 9.13 Å². The van der Waals surface area contributed by atoms with E-state index in [-0.39, 0.29) is 0 Å². The van der Waals surface area contributed by atoms with Crippen molar-refractivity contribution >= 4 is 43.6 Å². The fourth-order valence-corrected chi connectivity index (χ4v) is 6.21. The minimum Gasteiger partial charge on any atom is -0.344 e. The largest absolute Gasteiger partial charge is 0.344 e. The summed E-state index contributed by atoms with van der Waals surface area (Å²) in [7, 11) is 2.17. The maximum Gasteiger partial charge on any atom is 0.0541 e. The molecule has 0 fully saturated rings. The van der Waals surface area contributed by atoms with Crippen molar-refractivity contribution in [3.63, 3.8) is 0 Å². The van der Waals surface area contributed by atoms with Crippen LogP contribution in [0.1, 0.15) is 0 Å². The first-order chi connectivity index (χ1) is 19.3. The molecule has 0 N–H and O–H groups in total. The van der Waals surface area contributed by atoms with Crippen molar-refractivity contribution < 1.29 is 0 Å². The zero-order valence-electron chi connectivity index (χ0n) is 21.7. The molecule has 0 radical (unpaired) electrons. The van der Waals surface area contributed by atoms with E-state index in [0.717, 1.165) is 0 Å². The molecule has 0 bridgehead atoms. The highest BCUT2D eigenvalue weighted by Crippen LogP contribution is 2.37. The number of hydrogen-bond acceptors (Lipinski definition) is 0. The van der Waals surface area contributed by atoms with Gasteiger partial charge in [0.25, 0.3) is 0 Å². The number of aryl methyl sites for hydroxylation is 1. The van der Waals surface area contributed by atoms with Gasteiger partial charge in [-0.25, -0.2) is 0 Å². The molecule has 8 aromatic rings. The lowest BCUT2D eigenvalue weighted by Gasteiger charge is -2.08. The smallest absolute Gasteiger partial charge is 0.0541 e. The molecule has 0 aliphatic carbocycles. The molecule has 0 atom stereocenters. The van der Waals surface area contributed by atoms with E-state index >= 15 is 0 Å². The van der Waals surface area contributed by atoms with Gasteiger partial charge in [-0.2, -0.15) is 0 Å². The Balaban J connectivity index is 1.31. The maximum atomic E-state index is 2.37. The lowest BCUT2D eigenvalue weighted by molar-refractivity contribution is 1.01. The normalized spacial score (nSPS) is 11.7. The summed E-state index contributed by atoms with van der Waals surface area (Å²) in [6.07, 6.45) is 0. The summed E-state index contributed by atoms with van der Waals surface area (Å²) in [4.78, 5) is 0. The second kappa shape index (κ2) is 8.47. The van der Waals surface area contributed by atoms with Crippen molar-refractivity contribution in [3.05, 3.63) is 140 Å². The minimum atomic E-state index is 1.18. The lowest BCUT2D eigenvalue weighted by atomic mass is 9.99. The highest BCUT2D eigenvalue weighted by molar-refractivity contribution is 6.12. The Morgan fingerprint density at radius 3 is 1.67 bits per heavy atom. The summed E-state index contributed by atoms with van der Waals surface area (Å²) in [5, 5.41) is 5.13. The summed E-state index contributed by atoms with van der Waals surface area (Å²) < 4.78 is 4.68. The van der Waals surface area contributed by atoms with E-state index < -0.39 is 0 Å². The van der Waals surface area contributed by atoms with E-state index in [9.17, 15) is 0 Å². The van der Waals surface area contributed by atoms with Crippen LogP contribution in [0.25, 0.3) is 71.6 Å². The first kappa shape index (κ1) is 22.0. The van der Waals surface area contributed by atoms with Crippen molar-refractivity contribution in [2.24, 2.45) is 7.05 Å². The molecule has 0 saturated carbocycles. The molecule has 2 nitrogen and oxygen atoms in total. The molecule has 0 amide bonds. The third kappa shape index (κ3) is 3.35. The highest BCUT2D eigenvalue weighted by Gasteiger charge is 2.15. The Hall–Kier alpha value is -5.08. The van der Waals surface area contributed by atoms with Crippen LogP contribution >= 0.6 is 0 Å². The highest BCUT2D eigenvalue weighted by atomic mass is 15.0. The summed E-state index contributed by atoms with van der Waals surface area (Å²) >= 11 is 0. The molecule has 0 spiro atoms. The van der Waals surface area contributed by atoms with E-state index in [1.807, 2.05) is 0 Å². The number of para-hydroxylation sites is 2. The maximum absolute atomic E-state index is 2.37. The molecule has 0 unspecified atom stereocenters. The Morgan fingerprint density at radius 1 is 0.359 bits per heavy atom. The summed E-state index contributed by atoms with van der Waals surface area (Å²) in [5.41, 5.74) is 11.1. The number of hydrogen-bond donors (Lipinski definition) is 0. The number of fused-ring (bicyclic) bond motifs is 6. The molecule has 2 aromatic heterocycles. The van der Waals surface area contributed by atoms with E-state index in [1.165, 1.54) is 71.6 Å². The monoisotopic (exact) mass is 498 g/mol. The number of aromatic nitrogens is 2. The van der Waals surface area contributed by atoms with Crippen LogP contribution < -0.4 is 0 Å². The number of rotatable bonds is 3. The van der Waals surface area contributed by atoms with Crippen molar-refractivity contribution in [2.75, 3.05) is 0 Å².